The van der Waals surface area contributed by atoms with Gasteiger partial charge in [0.1, 0.15) is 6.61 Å². The summed E-state index contributed by atoms with van der Waals surface area (Å²) in [6.45, 7) is 2.50. The van der Waals surface area contributed by atoms with E-state index in [0.717, 1.165) is 0 Å². The third-order valence-corrected chi connectivity index (χ3v) is 1.81. The lowest BCUT2D eigenvalue weighted by Crippen LogP contribution is -2.37. The number of rotatable bonds is 5. The van der Waals surface area contributed by atoms with E-state index in [9.17, 15) is 4.79 Å². The van der Waals surface area contributed by atoms with Crippen LogP contribution in [0.1, 0.15) is 23.2 Å². The topological polar surface area (TPSA) is 90.4 Å². The lowest BCUT2D eigenvalue weighted by Gasteiger charge is -2.08. The number of methoxy groups -OCH3 is 1. The third kappa shape index (κ3) is 3.34. The smallest absolute Gasteiger partial charge is 0.273 e. The van der Waals surface area contributed by atoms with Gasteiger partial charge in [0.05, 0.1) is 0 Å². The van der Waals surface area contributed by atoms with Gasteiger partial charge in [0.25, 0.3) is 5.91 Å². The van der Waals surface area contributed by atoms with Crippen molar-refractivity contribution >= 4 is 5.91 Å². The first-order chi connectivity index (χ1) is 7.17. The summed E-state index contributed by atoms with van der Waals surface area (Å²) in [6, 6.07) is 1.46. The van der Waals surface area contributed by atoms with E-state index in [1.807, 2.05) is 6.92 Å². The molecule has 0 aliphatic carbocycles. The minimum atomic E-state index is -0.293. The molecule has 6 heteroatoms. The second-order valence-electron chi connectivity index (χ2n) is 3.22. The zero-order valence-corrected chi connectivity index (χ0v) is 8.82. The number of aromatic nitrogens is 1. The van der Waals surface area contributed by atoms with E-state index in [1.165, 1.54) is 0 Å². The van der Waals surface area contributed by atoms with Gasteiger partial charge >= 0.3 is 0 Å². The van der Waals surface area contributed by atoms with E-state index in [-0.39, 0.29) is 17.6 Å². The van der Waals surface area contributed by atoms with E-state index in [4.69, 9.17) is 15.0 Å². The predicted molar refractivity (Wildman–Crippen MR) is 53.2 cm³/mol. The van der Waals surface area contributed by atoms with Crippen molar-refractivity contribution in [3.63, 3.8) is 0 Å². The largest absolute Gasteiger partial charge is 0.377 e. The molecule has 0 aromatic carbocycles. The van der Waals surface area contributed by atoms with Crippen LogP contribution in [0.4, 0.5) is 0 Å². The fourth-order valence-corrected chi connectivity index (χ4v) is 0.987. The maximum atomic E-state index is 11.5. The van der Waals surface area contributed by atoms with Crippen LogP contribution in [0.25, 0.3) is 0 Å². The monoisotopic (exact) mass is 213 g/mol. The minimum absolute atomic E-state index is 0.0833. The van der Waals surface area contributed by atoms with Crippen LogP contribution in [-0.4, -0.2) is 30.8 Å². The van der Waals surface area contributed by atoms with Crippen LogP contribution >= 0.6 is 0 Å². The molecule has 0 aliphatic heterocycles. The van der Waals surface area contributed by atoms with Crippen LogP contribution in [0.15, 0.2) is 10.6 Å². The van der Waals surface area contributed by atoms with Gasteiger partial charge < -0.3 is 20.3 Å². The molecule has 1 aromatic rings. The molecule has 1 aromatic heterocycles. The molecule has 15 heavy (non-hydrogen) atoms. The normalized spacial score (nSPS) is 12.5. The number of hydrogen-bond donors (Lipinski definition) is 2. The summed E-state index contributed by atoms with van der Waals surface area (Å²) in [7, 11) is 1.54. The van der Waals surface area contributed by atoms with Crippen molar-refractivity contribution < 1.29 is 14.1 Å². The summed E-state index contributed by atoms with van der Waals surface area (Å²) >= 11 is 0. The highest BCUT2D eigenvalue weighted by Crippen LogP contribution is 2.04. The highest BCUT2D eigenvalue weighted by atomic mass is 16.5. The molecule has 6 nitrogen and oxygen atoms in total. The number of ether oxygens (including phenoxy) is 1. The highest BCUT2D eigenvalue weighted by Gasteiger charge is 2.13. The van der Waals surface area contributed by atoms with Gasteiger partial charge in [-0.3, -0.25) is 4.79 Å². The average molecular weight is 213 g/mol. The molecule has 0 radical (unpaired) electrons. The van der Waals surface area contributed by atoms with E-state index >= 15 is 0 Å². The summed E-state index contributed by atoms with van der Waals surface area (Å²) in [5, 5.41) is 6.29. The van der Waals surface area contributed by atoms with Gasteiger partial charge in [-0.1, -0.05) is 5.16 Å². The standard InChI is InChI=1S/C9H15N3O3/c1-6(4-10)11-9(13)8-3-7(5-14-2)15-12-8/h3,6H,4-5,10H2,1-2H3,(H,11,13). The van der Waals surface area contributed by atoms with Crippen LogP contribution in [0, 0.1) is 0 Å². The Morgan fingerprint density at radius 2 is 2.53 bits per heavy atom. The number of nitrogens with two attached hydrogens (primary N) is 1. The summed E-state index contributed by atoms with van der Waals surface area (Å²) < 4.78 is 9.71. The first kappa shape index (κ1) is 11.7. The number of carbonyl (C=O) groups is 1. The molecular formula is C9H15N3O3. The molecule has 0 bridgehead atoms. The maximum absolute atomic E-state index is 11.5. The zero-order valence-electron chi connectivity index (χ0n) is 8.82. The number of hydrogen-bond acceptors (Lipinski definition) is 5. The van der Waals surface area contributed by atoms with Crippen molar-refractivity contribution in [2.24, 2.45) is 5.73 Å². The van der Waals surface area contributed by atoms with E-state index < -0.39 is 0 Å². The molecule has 0 saturated carbocycles. The first-order valence-electron chi connectivity index (χ1n) is 4.62. The van der Waals surface area contributed by atoms with Crippen LogP contribution in [0.5, 0.6) is 0 Å². The van der Waals surface area contributed by atoms with Gasteiger partial charge in [-0.15, -0.1) is 0 Å². The second kappa shape index (κ2) is 5.47. The van der Waals surface area contributed by atoms with Gasteiger partial charge in [0.15, 0.2) is 11.5 Å². The fraction of sp³-hybridized carbons (Fsp3) is 0.556. The molecule has 1 rings (SSSR count). The Bertz CT molecular complexity index is 324. The fourth-order valence-electron chi connectivity index (χ4n) is 0.987. The third-order valence-electron chi connectivity index (χ3n) is 1.81. The van der Waals surface area contributed by atoms with Crippen molar-refractivity contribution in [1.29, 1.82) is 0 Å². The SMILES string of the molecule is COCc1cc(C(=O)NC(C)CN)no1. The number of carbonyl (C=O) groups excluding carboxylic acids is 1. The molecule has 1 amide bonds. The average Bonchev–Trinajstić information content (AvgIpc) is 2.67. The molecule has 0 spiro atoms. The van der Waals surface area contributed by atoms with Crippen LogP contribution < -0.4 is 11.1 Å². The summed E-state index contributed by atoms with van der Waals surface area (Å²) in [5.41, 5.74) is 5.61. The van der Waals surface area contributed by atoms with Crippen LogP contribution in [0.3, 0.4) is 0 Å². The van der Waals surface area contributed by atoms with Crippen molar-refractivity contribution in [3.05, 3.63) is 17.5 Å². The number of amides is 1. The Kier molecular flexibility index (Phi) is 4.26. The van der Waals surface area contributed by atoms with Gasteiger partial charge in [-0.25, -0.2) is 0 Å². The summed E-state index contributed by atoms with van der Waals surface area (Å²) in [6.07, 6.45) is 0. The van der Waals surface area contributed by atoms with Gasteiger partial charge in [-0.2, -0.15) is 0 Å². The molecule has 1 unspecified atom stereocenters. The summed E-state index contributed by atoms with van der Waals surface area (Å²) in [5.74, 6) is 0.224. The Morgan fingerprint density at radius 3 is 3.13 bits per heavy atom. The van der Waals surface area contributed by atoms with Crippen LogP contribution in [-0.2, 0) is 11.3 Å². The van der Waals surface area contributed by atoms with Gasteiger partial charge in [0, 0.05) is 25.8 Å². The van der Waals surface area contributed by atoms with E-state index in [0.29, 0.717) is 18.9 Å². The highest BCUT2D eigenvalue weighted by molar-refractivity contribution is 5.92. The van der Waals surface area contributed by atoms with Crippen molar-refractivity contribution in [1.82, 2.24) is 10.5 Å². The molecule has 0 fully saturated rings. The Balaban J connectivity index is 2.58. The van der Waals surface area contributed by atoms with Crippen molar-refractivity contribution in [2.75, 3.05) is 13.7 Å². The zero-order chi connectivity index (χ0) is 11.3. The van der Waals surface area contributed by atoms with Gasteiger partial charge in [-0.05, 0) is 6.92 Å². The Hall–Kier alpha value is -1.40. The molecule has 84 valence electrons. The van der Waals surface area contributed by atoms with E-state index in [2.05, 4.69) is 10.5 Å². The molecule has 3 N–H and O–H groups in total. The second-order valence-corrected chi connectivity index (χ2v) is 3.22. The van der Waals surface area contributed by atoms with Crippen LogP contribution in [0.2, 0.25) is 0 Å². The number of nitrogens with zero attached hydrogens (tertiary/aromatic N) is 1. The predicted octanol–water partition coefficient (Wildman–Crippen LogP) is -0.102. The van der Waals surface area contributed by atoms with E-state index in [1.54, 1.807) is 13.2 Å². The first-order valence-corrected chi connectivity index (χ1v) is 4.62. The van der Waals surface area contributed by atoms with Crippen molar-refractivity contribution in [2.45, 2.75) is 19.6 Å². The van der Waals surface area contributed by atoms with Gasteiger partial charge in [0.2, 0.25) is 0 Å². The number of nitrogens with one attached hydrogen (secondary N) is 1. The lowest BCUT2D eigenvalue weighted by molar-refractivity contribution is 0.0931. The Labute approximate surface area is 87.8 Å². The molecule has 1 heterocycles. The van der Waals surface area contributed by atoms with Crippen molar-refractivity contribution in [3.8, 4) is 0 Å². The maximum Gasteiger partial charge on any atom is 0.273 e. The summed E-state index contributed by atoms with van der Waals surface area (Å²) in [4.78, 5) is 11.5. The molecular weight excluding hydrogens is 198 g/mol. The lowest BCUT2D eigenvalue weighted by atomic mass is 10.3. The molecule has 0 aliphatic rings. The Morgan fingerprint density at radius 1 is 1.80 bits per heavy atom. The minimum Gasteiger partial charge on any atom is -0.377 e. The molecule has 0 saturated heterocycles. The molecule has 1 atom stereocenters. The quantitative estimate of drug-likeness (QED) is 0.712.